The molecule has 3 rings (SSSR count). The molecule has 202 valence electrons. The van der Waals surface area contributed by atoms with E-state index >= 15 is 0 Å². The maximum absolute atomic E-state index is 12.7. The van der Waals surface area contributed by atoms with Crippen LogP contribution in [0.3, 0.4) is 0 Å². The van der Waals surface area contributed by atoms with Gasteiger partial charge in [0.1, 0.15) is 12.0 Å². The largest absolute Gasteiger partial charge is 0.493 e. The van der Waals surface area contributed by atoms with Gasteiger partial charge in [0.05, 0.1) is 36.9 Å². The Hall–Kier alpha value is -4.79. The first-order chi connectivity index (χ1) is 18.9. The van der Waals surface area contributed by atoms with Gasteiger partial charge in [0.15, 0.2) is 0 Å². The molecule has 0 spiro atoms. The Balaban J connectivity index is 2.06. The summed E-state index contributed by atoms with van der Waals surface area (Å²) in [5.74, 6) is -0.788. The summed E-state index contributed by atoms with van der Waals surface area (Å²) >= 11 is 0. The van der Waals surface area contributed by atoms with E-state index in [1.54, 1.807) is 48.5 Å². The van der Waals surface area contributed by atoms with Gasteiger partial charge in [0.2, 0.25) is 0 Å². The molecule has 0 aliphatic heterocycles. The smallest absolute Gasteiger partial charge is 0.338 e. The lowest BCUT2D eigenvalue weighted by Gasteiger charge is -2.17. The van der Waals surface area contributed by atoms with Crippen LogP contribution in [0, 0.1) is 10.1 Å². The number of rotatable bonds is 13. The molecule has 3 aromatic carbocycles. The quantitative estimate of drug-likeness (QED) is 0.0643. The number of carbonyl (C=O) groups is 3. The molecule has 0 aliphatic carbocycles. The fourth-order valence-electron chi connectivity index (χ4n) is 3.96. The molecule has 0 heterocycles. The van der Waals surface area contributed by atoms with E-state index < -0.39 is 16.9 Å². The van der Waals surface area contributed by atoms with Crippen LogP contribution < -0.4 is 4.74 Å². The zero-order valence-corrected chi connectivity index (χ0v) is 21.8. The van der Waals surface area contributed by atoms with Gasteiger partial charge in [0.25, 0.3) is 5.69 Å². The lowest BCUT2D eigenvalue weighted by atomic mass is 9.92. The van der Waals surface area contributed by atoms with Gasteiger partial charge in [-0.05, 0) is 66.8 Å². The minimum absolute atomic E-state index is 0.00291. The number of methoxy groups -OCH3 is 2. The monoisotopic (exact) mass is 531 g/mol. The van der Waals surface area contributed by atoms with E-state index in [-0.39, 0.29) is 16.8 Å². The molecule has 0 aliphatic rings. The van der Waals surface area contributed by atoms with Crippen LogP contribution in [0.25, 0.3) is 23.3 Å². The molecule has 0 saturated carbocycles. The normalized spacial score (nSPS) is 10.7. The zero-order valence-electron chi connectivity index (χ0n) is 21.8. The van der Waals surface area contributed by atoms with Gasteiger partial charge in [-0.1, -0.05) is 24.3 Å². The lowest BCUT2D eigenvalue weighted by molar-refractivity contribution is -0.384. The van der Waals surface area contributed by atoms with Crippen molar-refractivity contribution >= 4 is 36.1 Å². The number of nitro benzene ring substituents is 1. The van der Waals surface area contributed by atoms with E-state index in [9.17, 15) is 24.5 Å². The van der Waals surface area contributed by atoms with Crippen molar-refractivity contribution in [3.8, 4) is 16.9 Å². The molecule has 9 nitrogen and oxygen atoms in total. The number of hydrogen-bond acceptors (Lipinski definition) is 8. The summed E-state index contributed by atoms with van der Waals surface area (Å²) in [5.41, 5.74) is 2.64. The number of nitrogens with zero attached hydrogens (tertiary/aromatic N) is 1. The molecule has 0 amide bonds. The highest BCUT2D eigenvalue weighted by atomic mass is 16.6. The van der Waals surface area contributed by atoms with Crippen LogP contribution in [0.1, 0.15) is 57.5 Å². The molecule has 0 aromatic heterocycles. The predicted molar refractivity (Wildman–Crippen MR) is 147 cm³/mol. The third kappa shape index (κ3) is 7.61. The summed E-state index contributed by atoms with van der Waals surface area (Å²) in [6, 6.07) is 16.2. The van der Waals surface area contributed by atoms with Crippen molar-refractivity contribution in [2.45, 2.75) is 25.7 Å². The summed E-state index contributed by atoms with van der Waals surface area (Å²) in [5, 5.41) is 10.9. The minimum atomic E-state index is -0.623. The van der Waals surface area contributed by atoms with Gasteiger partial charge in [-0.25, -0.2) is 9.59 Å². The number of esters is 2. The first-order valence-electron chi connectivity index (χ1n) is 12.3. The van der Waals surface area contributed by atoms with Crippen molar-refractivity contribution in [1.29, 1.82) is 0 Å². The number of carbonyl (C=O) groups excluding carboxylic acids is 3. The van der Waals surface area contributed by atoms with Crippen LogP contribution >= 0.6 is 0 Å². The van der Waals surface area contributed by atoms with E-state index in [0.717, 1.165) is 36.7 Å². The predicted octanol–water partition coefficient (Wildman–Crippen LogP) is 6.14. The lowest BCUT2D eigenvalue weighted by Crippen LogP contribution is -2.11. The standard InChI is InChI=1S/C30H29NO8/c1-37-29(33)24-8-7-9-25(30(34)38-2)28(24)26-20-22(11-10-21-12-15-23(16-13-21)31(35)36)14-17-27(26)39-19-6-4-3-5-18-32/h7-18,20H,3-6,19H2,1-2H3. The SMILES string of the molecule is COC(=O)c1cccc(C(=O)OC)c1-c1cc(C=Cc2ccc([N+](=O)[O-])cc2)ccc1OCCCCCC=O. The highest BCUT2D eigenvalue weighted by Gasteiger charge is 2.24. The maximum atomic E-state index is 12.7. The van der Waals surface area contributed by atoms with Crippen LogP contribution in [0.15, 0.2) is 60.7 Å². The maximum Gasteiger partial charge on any atom is 0.338 e. The summed E-state index contributed by atoms with van der Waals surface area (Å²) in [7, 11) is 2.52. The van der Waals surface area contributed by atoms with Crippen molar-refractivity contribution in [2.24, 2.45) is 0 Å². The summed E-state index contributed by atoms with van der Waals surface area (Å²) in [6.07, 6.45) is 7.30. The third-order valence-electron chi connectivity index (χ3n) is 5.94. The second-order valence-corrected chi connectivity index (χ2v) is 8.51. The van der Waals surface area contributed by atoms with E-state index in [1.807, 2.05) is 12.1 Å². The van der Waals surface area contributed by atoms with Crippen LogP contribution in [0.2, 0.25) is 0 Å². The van der Waals surface area contributed by atoms with Crippen LogP contribution in [0.4, 0.5) is 5.69 Å². The molecule has 0 fully saturated rings. The van der Waals surface area contributed by atoms with Crippen LogP contribution in [0.5, 0.6) is 5.75 Å². The van der Waals surface area contributed by atoms with Gasteiger partial charge in [-0.3, -0.25) is 10.1 Å². The first-order valence-corrected chi connectivity index (χ1v) is 12.3. The molecule has 0 N–H and O–H groups in total. The number of benzene rings is 3. The molecule has 0 bridgehead atoms. The van der Waals surface area contributed by atoms with Crippen molar-refractivity contribution < 1.29 is 33.5 Å². The van der Waals surface area contributed by atoms with Gasteiger partial charge in [-0.2, -0.15) is 0 Å². The van der Waals surface area contributed by atoms with E-state index in [4.69, 9.17) is 14.2 Å². The molecule has 9 heteroatoms. The highest BCUT2D eigenvalue weighted by Crippen LogP contribution is 2.37. The van der Waals surface area contributed by atoms with Gasteiger partial charge in [-0.15, -0.1) is 0 Å². The van der Waals surface area contributed by atoms with Crippen molar-refractivity contribution in [1.82, 2.24) is 0 Å². The molecule has 0 radical (unpaired) electrons. The zero-order chi connectivity index (χ0) is 28.2. The Kier molecular flexibility index (Phi) is 10.5. The van der Waals surface area contributed by atoms with Crippen LogP contribution in [-0.4, -0.2) is 44.0 Å². The Morgan fingerprint density at radius 1 is 0.846 bits per heavy atom. The molecule has 0 unspecified atom stereocenters. The number of non-ortho nitro benzene ring substituents is 1. The van der Waals surface area contributed by atoms with Crippen molar-refractivity contribution in [3.05, 3.63) is 93.0 Å². The number of unbranched alkanes of at least 4 members (excludes halogenated alkanes) is 3. The summed E-state index contributed by atoms with van der Waals surface area (Å²) in [4.78, 5) is 46.4. The van der Waals surface area contributed by atoms with Gasteiger partial charge in [0, 0.05) is 29.7 Å². The van der Waals surface area contributed by atoms with Gasteiger partial charge < -0.3 is 19.0 Å². The molecule has 3 aromatic rings. The van der Waals surface area contributed by atoms with Crippen molar-refractivity contribution in [2.75, 3.05) is 20.8 Å². The van der Waals surface area contributed by atoms with Crippen molar-refractivity contribution in [3.63, 3.8) is 0 Å². The second-order valence-electron chi connectivity index (χ2n) is 8.51. The minimum Gasteiger partial charge on any atom is -0.493 e. The molecular formula is C30H29NO8. The molecule has 0 saturated heterocycles. The van der Waals surface area contributed by atoms with E-state index in [0.29, 0.717) is 29.9 Å². The summed E-state index contributed by atoms with van der Waals surface area (Å²) < 4.78 is 16.0. The van der Waals surface area contributed by atoms with Gasteiger partial charge >= 0.3 is 11.9 Å². The second kappa shape index (κ2) is 14.2. The number of aldehydes is 1. The molecular weight excluding hydrogens is 502 g/mol. The molecule has 39 heavy (non-hydrogen) atoms. The highest BCUT2D eigenvalue weighted by molar-refractivity contribution is 6.07. The Morgan fingerprint density at radius 3 is 2.05 bits per heavy atom. The Morgan fingerprint density at radius 2 is 1.46 bits per heavy atom. The Bertz CT molecular complexity index is 1330. The van der Waals surface area contributed by atoms with Crippen LogP contribution in [-0.2, 0) is 14.3 Å². The third-order valence-corrected chi connectivity index (χ3v) is 5.94. The number of hydrogen-bond donors (Lipinski definition) is 0. The molecule has 0 atom stereocenters. The van der Waals surface area contributed by atoms with E-state index in [1.165, 1.54) is 26.4 Å². The fourth-order valence-corrected chi connectivity index (χ4v) is 3.96. The summed E-state index contributed by atoms with van der Waals surface area (Å²) in [6.45, 7) is 0.373. The Labute approximate surface area is 226 Å². The number of nitro groups is 1. The number of ether oxygens (including phenoxy) is 3. The first kappa shape index (κ1) is 28.8. The van der Waals surface area contributed by atoms with E-state index in [2.05, 4.69) is 0 Å². The average Bonchev–Trinajstić information content (AvgIpc) is 2.97. The fraction of sp³-hybridized carbons (Fsp3) is 0.233. The topological polar surface area (TPSA) is 122 Å². The average molecular weight is 532 g/mol.